The minimum Gasteiger partial charge on any atom is -0.460 e. The third-order valence-electron chi connectivity index (χ3n) is 3.74. The van der Waals surface area contributed by atoms with Gasteiger partial charge in [-0.1, -0.05) is 41.6 Å². The molecule has 0 fully saturated rings. The number of benzene rings is 1. The van der Waals surface area contributed by atoms with Crippen LogP contribution in [0.4, 0.5) is 0 Å². The average Bonchev–Trinajstić information content (AvgIpc) is 2.86. The SMILES string of the molecule is Cc1cccc(COC(=O)CSc2ncnc3sc(C)c(C)c23)c1. The fourth-order valence-corrected chi connectivity index (χ4v) is 4.31. The zero-order valence-corrected chi connectivity index (χ0v) is 15.5. The number of ether oxygens (including phenoxy) is 1. The summed E-state index contributed by atoms with van der Waals surface area (Å²) >= 11 is 3.06. The summed E-state index contributed by atoms with van der Waals surface area (Å²) in [4.78, 5) is 22.9. The first-order chi connectivity index (χ1) is 11.5. The summed E-state index contributed by atoms with van der Waals surface area (Å²) < 4.78 is 5.35. The molecule has 0 aliphatic carbocycles. The predicted molar refractivity (Wildman–Crippen MR) is 98.6 cm³/mol. The first kappa shape index (κ1) is 16.9. The molecule has 3 aromatic rings. The second kappa shape index (κ2) is 7.32. The van der Waals surface area contributed by atoms with Gasteiger partial charge in [0.25, 0.3) is 0 Å². The van der Waals surface area contributed by atoms with Crippen molar-refractivity contribution in [1.29, 1.82) is 0 Å². The van der Waals surface area contributed by atoms with E-state index in [2.05, 4.69) is 23.8 Å². The number of fused-ring (bicyclic) bond motifs is 1. The van der Waals surface area contributed by atoms with Crippen LogP contribution in [-0.2, 0) is 16.1 Å². The van der Waals surface area contributed by atoms with Gasteiger partial charge in [-0.05, 0) is 31.9 Å². The number of thiophene rings is 1. The van der Waals surface area contributed by atoms with Gasteiger partial charge in [0.2, 0.25) is 0 Å². The van der Waals surface area contributed by atoms with E-state index in [9.17, 15) is 4.79 Å². The molecule has 2 heterocycles. The van der Waals surface area contributed by atoms with Crippen LogP contribution in [-0.4, -0.2) is 21.7 Å². The molecule has 6 heteroatoms. The molecule has 3 rings (SSSR count). The maximum absolute atomic E-state index is 12.0. The van der Waals surface area contributed by atoms with Crippen LogP contribution in [0, 0.1) is 20.8 Å². The highest BCUT2D eigenvalue weighted by atomic mass is 32.2. The van der Waals surface area contributed by atoms with Crippen LogP contribution in [0.2, 0.25) is 0 Å². The lowest BCUT2D eigenvalue weighted by Gasteiger charge is -2.06. The highest BCUT2D eigenvalue weighted by Crippen LogP contribution is 2.34. The molecular formula is C18H18N2O2S2. The molecule has 0 saturated heterocycles. The van der Waals surface area contributed by atoms with E-state index < -0.39 is 0 Å². The van der Waals surface area contributed by atoms with E-state index in [0.29, 0.717) is 6.61 Å². The molecule has 2 aromatic heterocycles. The van der Waals surface area contributed by atoms with Crippen molar-refractivity contribution in [1.82, 2.24) is 9.97 Å². The molecule has 0 unspecified atom stereocenters. The standard InChI is InChI=1S/C18H18N2O2S2/c1-11-5-4-6-14(7-11)8-22-15(21)9-23-17-16-12(2)13(3)24-18(16)20-10-19-17/h4-7,10H,8-9H2,1-3H3. The van der Waals surface area contributed by atoms with E-state index in [1.54, 1.807) is 17.7 Å². The lowest BCUT2D eigenvalue weighted by atomic mass is 10.1. The number of hydrogen-bond donors (Lipinski definition) is 0. The fourth-order valence-electron chi connectivity index (χ4n) is 2.39. The van der Waals surface area contributed by atoms with Crippen molar-refractivity contribution in [3.05, 3.63) is 52.2 Å². The Bertz CT molecular complexity index is 890. The summed E-state index contributed by atoms with van der Waals surface area (Å²) in [6, 6.07) is 7.96. The lowest BCUT2D eigenvalue weighted by molar-refractivity contribution is -0.141. The van der Waals surface area contributed by atoms with Gasteiger partial charge in [0.05, 0.1) is 5.75 Å². The third kappa shape index (κ3) is 3.76. The van der Waals surface area contributed by atoms with Gasteiger partial charge in [-0.3, -0.25) is 4.79 Å². The number of carbonyl (C=O) groups excluding carboxylic acids is 1. The van der Waals surface area contributed by atoms with Gasteiger partial charge in [0, 0.05) is 10.3 Å². The van der Waals surface area contributed by atoms with E-state index in [4.69, 9.17) is 4.74 Å². The first-order valence-corrected chi connectivity index (χ1v) is 9.39. The average molecular weight is 358 g/mol. The van der Waals surface area contributed by atoms with Crippen LogP contribution in [0.1, 0.15) is 21.6 Å². The molecule has 0 bridgehead atoms. The van der Waals surface area contributed by atoms with Crippen LogP contribution < -0.4 is 0 Å². The third-order valence-corrected chi connectivity index (χ3v) is 5.82. The molecule has 24 heavy (non-hydrogen) atoms. The highest BCUT2D eigenvalue weighted by molar-refractivity contribution is 8.00. The molecule has 0 spiro atoms. The van der Waals surface area contributed by atoms with Crippen molar-refractivity contribution in [2.24, 2.45) is 0 Å². The van der Waals surface area contributed by atoms with E-state index in [1.807, 2.05) is 31.2 Å². The number of hydrogen-bond acceptors (Lipinski definition) is 6. The zero-order valence-electron chi connectivity index (χ0n) is 13.8. The van der Waals surface area contributed by atoms with E-state index in [1.165, 1.54) is 22.2 Å². The molecule has 1 aromatic carbocycles. The maximum atomic E-state index is 12.0. The number of esters is 1. The summed E-state index contributed by atoms with van der Waals surface area (Å²) in [7, 11) is 0. The number of thioether (sulfide) groups is 1. The van der Waals surface area contributed by atoms with E-state index >= 15 is 0 Å². The Morgan fingerprint density at radius 2 is 2.08 bits per heavy atom. The monoisotopic (exact) mass is 358 g/mol. The summed E-state index contributed by atoms with van der Waals surface area (Å²) in [5.74, 6) is 0.00424. The molecule has 0 saturated carbocycles. The normalized spacial score (nSPS) is 11.0. The second-order valence-electron chi connectivity index (χ2n) is 5.58. The van der Waals surface area contributed by atoms with Gasteiger partial charge in [-0.25, -0.2) is 9.97 Å². The van der Waals surface area contributed by atoms with Crippen LogP contribution in [0.3, 0.4) is 0 Å². The number of carbonyl (C=O) groups is 1. The van der Waals surface area contributed by atoms with Crippen molar-refractivity contribution in [2.75, 3.05) is 5.75 Å². The van der Waals surface area contributed by atoms with Crippen molar-refractivity contribution in [3.8, 4) is 0 Å². The van der Waals surface area contributed by atoms with Crippen molar-refractivity contribution in [2.45, 2.75) is 32.4 Å². The number of nitrogens with zero attached hydrogens (tertiary/aromatic N) is 2. The van der Waals surface area contributed by atoms with Gasteiger partial charge in [0.1, 0.15) is 22.8 Å². The van der Waals surface area contributed by atoms with Gasteiger partial charge >= 0.3 is 5.97 Å². The summed E-state index contributed by atoms with van der Waals surface area (Å²) in [6.07, 6.45) is 1.55. The van der Waals surface area contributed by atoms with Gasteiger partial charge in [-0.15, -0.1) is 11.3 Å². The smallest absolute Gasteiger partial charge is 0.316 e. The fraction of sp³-hybridized carbons (Fsp3) is 0.278. The van der Waals surface area contributed by atoms with E-state index in [0.717, 1.165) is 26.4 Å². The predicted octanol–water partition coefficient (Wildman–Crippen LogP) is 4.45. The Kier molecular flexibility index (Phi) is 5.16. The molecule has 124 valence electrons. The summed E-state index contributed by atoms with van der Waals surface area (Å²) in [5, 5.41) is 1.89. The number of aryl methyl sites for hydroxylation is 3. The summed E-state index contributed by atoms with van der Waals surface area (Å²) in [5.41, 5.74) is 3.35. The maximum Gasteiger partial charge on any atom is 0.316 e. The Morgan fingerprint density at radius 1 is 1.25 bits per heavy atom. The molecule has 0 N–H and O–H groups in total. The molecule has 0 atom stereocenters. The first-order valence-electron chi connectivity index (χ1n) is 7.59. The van der Waals surface area contributed by atoms with Crippen LogP contribution in [0.25, 0.3) is 10.2 Å². The van der Waals surface area contributed by atoms with Crippen LogP contribution in [0.15, 0.2) is 35.6 Å². The molecule has 4 nitrogen and oxygen atoms in total. The molecule has 0 aliphatic rings. The summed E-state index contributed by atoms with van der Waals surface area (Å²) in [6.45, 7) is 6.47. The number of rotatable bonds is 5. The minimum atomic E-state index is -0.238. The minimum absolute atomic E-state index is 0.238. The van der Waals surface area contributed by atoms with Gasteiger partial charge < -0.3 is 4.74 Å². The topological polar surface area (TPSA) is 52.1 Å². The van der Waals surface area contributed by atoms with Crippen LogP contribution in [0.5, 0.6) is 0 Å². The van der Waals surface area contributed by atoms with Crippen molar-refractivity contribution >= 4 is 39.3 Å². The Labute approximate surface area is 149 Å². The van der Waals surface area contributed by atoms with Crippen molar-refractivity contribution < 1.29 is 9.53 Å². The molecular weight excluding hydrogens is 340 g/mol. The van der Waals surface area contributed by atoms with Crippen LogP contribution >= 0.6 is 23.1 Å². The lowest BCUT2D eigenvalue weighted by Crippen LogP contribution is -2.07. The molecule has 0 radical (unpaired) electrons. The van der Waals surface area contributed by atoms with Gasteiger partial charge in [-0.2, -0.15) is 0 Å². The quantitative estimate of drug-likeness (QED) is 0.383. The zero-order chi connectivity index (χ0) is 17.1. The largest absolute Gasteiger partial charge is 0.460 e. The molecule has 0 aliphatic heterocycles. The second-order valence-corrected chi connectivity index (χ2v) is 7.75. The Hall–Kier alpha value is -1.92. The number of aromatic nitrogens is 2. The van der Waals surface area contributed by atoms with Crippen molar-refractivity contribution in [3.63, 3.8) is 0 Å². The highest BCUT2D eigenvalue weighted by Gasteiger charge is 2.14. The Balaban J connectivity index is 1.62. The van der Waals surface area contributed by atoms with E-state index in [-0.39, 0.29) is 11.7 Å². The Morgan fingerprint density at radius 3 is 2.88 bits per heavy atom. The van der Waals surface area contributed by atoms with Gasteiger partial charge in [0.15, 0.2) is 0 Å². The molecule has 0 amide bonds.